The second kappa shape index (κ2) is 5.87. The number of benzene rings is 3. The Hall–Kier alpha value is -2.82. The molecule has 0 atom stereocenters. The van der Waals surface area contributed by atoms with Crippen LogP contribution in [0.15, 0.2) is 69.5 Å². The molecule has 5 rings (SSSR count). The molecule has 126 valence electrons. The lowest BCUT2D eigenvalue weighted by atomic mass is 10.1. The number of nitrogens with zero attached hydrogens (tertiary/aromatic N) is 2. The molecule has 4 nitrogen and oxygen atoms in total. The standard InChI is InChI=1S/C20H10Cl2N2O2/c21-13-10-12(20-24-16-6-2-4-8-18(16)26-20)14(22)9-11(13)19-23-15-5-1-3-7-17(15)25-19/h1-10H. The molecule has 0 aliphatic heterocycles. The summed E-state index contributed by atoms with van der Waals surface area (Å²) in [5, 5.41) is 0.913. The van der Waals surface area contributed by atoms with Gasteiger partial charge >= 0.3 is 0 Å². The van der Waals surface area contributed by atoms with E-state index in [0.717, 1.165) is 11.0 Å². The molecule has 3 aromatic carbocycles. The monoisotopic (exact) mass is 380 g/mol. The maximum atomic E-state index is 6.48. The van der Waals surface area contributed by atoms with Gasteiger partial charge in [0.05, 0.1) is 21.2 Å². The van der Waals surface area contributed by atoms with Gasteiger partial charge in [0.25, 0.3) is 0 Å². The van der Waals surface area contributed by atoms with Gasteiger partial charge in [0.2, 0.25) is 11.8 Å². The van der Waals surface area contributed by atoms with E-state index in [2.05, 4.69) is 9.97 Å². The van der Waals surface area contributed by atoms with Gasteiger partial charge in [-0.1, -0.05) is 47.5 Å². The van der Waals surface area contributed by atoms with E-state index in [0.29, 0.717) is 44.1 Å². The smallest absolute Gasteiger partial charge is 0.228 e. The highest BCUT2D eigenvalue weighted by molar-refractivity contribution is 6.37. The first-order valence-electron chi connectivity index (χ1n) is 7.90. The first-order valence-corrected chi connectivity index (χ1v) is 8.65. The predicted molar refractivity (Wildman–Crippen MR) is 102 cm³/mol. The second-order valence-corrected chi connectivity index (χ2v) is 6.60. The van der Waals surface area contributed by atoms with Crippen molar-refractivity contribution >= 4 is 45.4 Å². The third-order valence-corrected chi connectivity index (χ3v) is 4.73. The quantitative estimate of drug-likeness (QED) is 0.345. The molecule has 26 heavy (non-hydrogen) atoms. The number of hydrogen-bond acceptors (Lipinski definition) is 4. The van der Waals surface area contributed by atoms with Crippen molar-refractivity contribution in [3.63, 3.8) is 0 Å². The Morgan fingerprint density at radius 1 is 0.615 bits per heavy atom. The molecule has 0 N–H and O–H groups in total. The average molecular weight is 381 g/mol. The summed E-state index contributed by atoms with van der Waals surface area (Å²) >= 11 is 13.0. The maximum Gasteiger partial charge on any atom is 0.228 e. The summed E-state index contributed by atoms with van der Waals surface area (Å²) in [6.45, 7) is 0. The van der Waals surface area contributed by atoms with E-state index in [9.17, 15) is 0 Å². The van der Waals surface area contributed by atoms with E-state index in [1.54, 1.807) is 12.1 Å². The van der Waals surface area contributed by atoms with Gasteiger partial charge in [0.15, 0.2) is 11.2 Å². The lowest BCUT2D eigenvalue weighted by Crippen LogP contribution is -1.85. The van der Waals surface area contributed by atoms with Crippen LogP contribution in [0.25, 0.3) is 45.1 Å². The fraction of sp³-hybridized carbons (Fsp3) is 0. The Bertz CT molecular complexity index is 1110. The van der Waals surface area contributed by atoms with Crippen molar-refractivity contribution in [1.82, 2.24) is 9.97 Å². The fourth-order valence-corrected chi connectivity index (χ4v) is 3.34. The number of rotatable bonds is 2. The summed E-state index contributed by atoms with van der Waals surface area (Å²) in [7, 11) is 0. The van der Waals surface area contributed by atoms with Crippen LogP contribution in [0.2, 0.25) is 10.0 Å². The van der Waals surface area contributed by atoms with Gasteiger partial charge in [-0.2, -0.15) is 0 Å². The summed E-state index contributed by atoms with van der Waals surface area (Å²) in [5.41, 5.74) is 4.14. The molecule has 0 bridgehead atoms. The number of oxazole rings is 2. The molecular formula is C20H10Cl2N2O2. The van der Waals surface area contributed by atoms with Gasteiger partial charge in [-0.3, -0.25) is 0 Å². The van der Waals surface area contributed by atoms with Crippen molar-refractivity contribution in [3.05, 3.63) is 70.7 Å². The van der Waals surface area contributed by atoms with E-state index in [1.807, 2.05) is 48.5 Å². The zero-order valence-electron chi connectivity index (χ0n) is 13.2. The first kappa shape index (κ1) is 15.4. The highest BCUT2D eigenvalue weighted by Crippen LogP contribution is 2.38. The zero-order valence-corrected chi connectivity index (χ0v) is 14.8. The van der Waals surface area contributed by atoms with Crippen molar-refractivity contribution in [3.8, 4) is 22.9 Å². The van der Waals surface area contributed by atoms with Crippen molar-refractivity contribution in [2.24, 2.45) is 0 Å². The SMILES string of the molecule is Clc1cc(-c2nc3ccccc3o2)c(Cl)cc1-c1nc2ccccc2o1. The molecule has 0 unspecified atom stereocenters. The number of para-hydroxylation sites is 4. The minimum atomic E-state index is 0.419. The van der Waals surface area contributed by atoms with E-state index < -0.39 is 0 Å². The van der Waals surface area contributed by atoms with Crippen molar-refractivity contribution < 1.29 is 8.83 Å². The van der Waals surface area contributed by atoms with Gasteiger partial charge in [0.1, 0.15) is 11.0 Å². The predicted octanol–water partition coefficient (Wildman–Crippen LogP) is 6.61. The Labute approximate surface area is 158 Å². The molecule has 0 aliphatic rings. The molecule has 5 aromatic rings. The Morgan fingerprint density at radius 2 is 1.04 bits per heavy atom. The summed E-state index contributed by atoms with van der Waals surface area (Å²) in [5.74, 6) is 0.837. The lowest BCUT2D eigenvalue weighted by molar-refractivity contribution is 0.617. The number of hydrogen-bond donors (Lipinski definition) is 0. The third-order valence-electron chi connectivity index (χ3n) is 4.11. The summed E-state index contributed by atoms with van der Waals surface area (Å²) in [6.07, 6.45) is 0. The Balaban J connectivity index is 1.64. The minimum absolute atomic E-state index is 0.419. The zero-order chi connectivity index (χ0) is 17.7. The number of halogens is 2. The van der Waals surface area contributed by atoms with Gasteiger partial charge in [0, 0.05) is 0 Å². The largest absolute Gasteiger partial charge is 0.436 e. The Kier molecular flexibility index (Phi) is 3.48. The molecule has 0 radical (unpaired) electrons. The van der Waals surface area contributed by atoms with Gasteiger partial charge in [-0.25, -0.2) is 9.97 Å². The molecule has 0 saturated heterocycles. The summed E-state index contributed by atoms with van der Waals surface area (Å²) in [6, 6.07) is 18.5. The van der Waals surface area contributed by atoms with Crippen LogP contribution in [-0.4, -0.2) is 9.97 Å². The van der Waals surface area contributed by atoms with Crippen LogP contribution >= 0.6 is 23.2 Å². The third kappa shape index (κ3) is 2.46. The average Bonchev–Trinajstić information content (AvgIpc) is 3.26. The fourth-order valence-electron chi connectivity index (χ4n) is 2.85. The van der Waals surface area contributed by atoms with Gasteiger partial charge in [-0.15, -0.1) is 0 Å². The van der Waals surface area contributed by atoms with Crippen LogP contribution in [0.1, 0.15) is 0 Å². The first-order chi connectivity index (χ1) is 12.7. The topological polar surface area (TPSA) is 52.1 Å². The minimum Gasteiger partial charge on any atom is -0.436 e. The van der Waals surface area contributed by atoms with E-state index in [4.69, 9.17) is 32.0 Å². The normalized spacial score (nSPS) is 11.5. The molecule has 2 heterocycles. The maximum absolute atomic E-state index is 6.48. The molecule has 0 spiro atoms. The molecular weight excluding hydrogens is 371 g/mol. The second-order valence-electron chi connectivity index (χ2n) is 5.79. The van der Waals surface area contributed by atoms with Crippen LogP contribution in [0.5, 0.6) is 0 Å². The van der Waals surface area contributed by atoms with Crippen LogP contribution in [0, 0.1) is 0 Å². The number of aromatic nitrogens is 2. The molecule has 0 aliphatic carbocycles. The van der Waals surface area contributed by atoms with Gasteiger partial charge in [-0.05, 0) is 36.4 Å². The van der Waals surface area contributed by atoms with Crippen molar-refractivity contribution in [1.29, 1.82) is 0 Å². The van der Waals surface area contributed by atoms with E-state index >= 15 is 0 Å². The molecule has 2 aromatic heterocycles. The Morgan fingerprint density at radius 3 is 1.46 bits per heavy atom. The highest BCUT2D eigenvalue weighted by atomic mass is 35.5. The number of fused-ring (bicyclic) bond motifs is 2. The van der Waals surface area contributed by atoms with Crippen molar-refractivity contribution in [2.45, 2.75) is 0 Å². The molecule has 6 heteroatoms. The highest BCUT2D eigenvalue weighted by Gasteiger charge is 2.18. The van der Waals surface area contributed by atoms with Crippen LogP contribution in [-0.2, 0) is 0 Å². The molecule has 0 saturated carbocycles. The van der Waals surface area contributed by atoms with Crippen LogP contribution in [0.4, 0.5) is 0 Å². The van der Waals surface area contributed by atoms with Gasteiger partial charge < -0.3 is 8.83 Å². The van der Waals surface area contributed by atoms with Crippen LogP contribution in [0.3, 0.4) is 0 Å². The van der Waals surface area contributed by atoms with Crippen molar-refractivity contribution in [2.75, 3.05) is 0 Å². The van der Waals surface area contributed by atoms with E-state index in [-0.39, 0.29) is 0 Å². The molecule has 0 fully saturated rings. The summed E-state index contributed by atoms with van der Waals surface area (Å²) in [4.78, 5) is 8.95. The lowest BCUT2D eigenvalue weighted by Gasteiger charge is -2.05. The van der Waals surface area contributed by atoms with E-state index in [1.165, 1.54) is 0 Å². The van der Waals surface area contributed by atoms with Crippen LogP contribution < -0.4 is 0 Å². The summed E-state index contributed by atoms with van der Waals surface area (Å²) < 4.78 is 11.6. The molecule has 0 amide bonds.